The molecule has 0 radical (unpaired) electrons. The number of anilines is 1. The Labute approximate surface area is 170 Å². The molecule has 0 saturated heterocycles. The first kappa shape index (κ1) is 17.3. The highest BCUT2D eigenvalue weighted by atomic mass is 32.1. The number of aromatic amines is 1. The molecule has 0 aliphatic heterocycles. The molecule has 0 spiro atoms. The van der Waals surface area contributed by atoms with Crippen LogP contribution in [0, 0.1) is 0 Å². The second-order valence-electron chi connectivity index (χ2n) is 6.48. The summed E-state index contributed by atoms with van der Waals surface area (Å²) in [5.74, 6) is 0.422. The summed E-state index contributed by atoms with van der Waals surface area (Å²) in [5, 5.41) is 9.79. The van der Waals surface area contributed by atoms with E-state index in [0.717, 1.165) is 22.5 Å². The number of nitrogens with one attached hydrogen (secondary N) is 2. The molecule has 0 fully saturated rings. The number of para-hydroxylation sites is 1. The number of thiazole rings is 1. The first-order valence-electron chi connectivity index (χ1n) is 8.98. The third-order valence-electron chi connectivity index (χ3n) is 4.60. The molecule has 0 aliphatic rings. The fourth-order valence-electron chi connectivity index (χ4n) is 3.23. The summed E-state index contributed by atoms with van der Waals surface area (Å²) in [6.07, 6.45) is 1.65. The van der Waals surface area contributed by atoms with Gasteiger partial charge in [0, 0.05) is 24.2 Å². The van der Waals surface area contributed by atoms with Gasteiger partial charge >= 0.3 is 0 Å². The summed E-state index contributed by atoms with van der Waals surface area (Å²) in [4.78, 5) is 24.8. The Bertz CT molecular complexity index is 1300. The smallest absolute Gasteiger partial charge is 0.259 e. The van der Waals surface area contributed by atoms with Crippen molar-refractivity contribution in [3.63, 3.8) is 0 Å². The Morgan fingerprint density at radius 3 is 2.79 bits per heavy atom. The van der Waals surface area contributed by atoms with Crippen LogP contribution in [0.1, 0.15) is 10.4 Å². The summed E-state index contributed by atoms with van der Waals surface area (Å²) < 4.78 is 1.79. The molecule has 0 saturated carbocycles. The molecule has 0 aliphatic carbocycles. The molecule has 1 amide bonds. The van der Waals surface area contributed by atoms with Crippen molar-refractivity contribution in [2.45, 2.75) is 0 Å². The molecule has 2 aromatic carbocycles. The summed E-state index contributed by atoms with van der Waals surface area (Å²) in [7, 11) is 1.88. The van der Waals surface area contributed by atoms with Crippen LogP contribution in [0.25, 0.3) is 33.8 Å². The number of imidazole rings is 1. The van der Waals surface area contributed by atoms with Crippen molar-refractivity contribution in [3.8, 4) is 22.8 Å². The molecule has 0 atom stereocenters. The van der Waals surface area contributed by atoms with Crippen LogP contribution in [-0.2, 0) is 7.05 Å². The van der Waals surface area contributed by atoms with E-state index in [1.54, 1.807) is 16.9 Å². The number of carbonyl (C=O) groups is 1. The molecule has 5 aromatic rings. The fourth-order valence-corrected chi connectivity index (χ4v) is 3.75. The maximum atomic E-state index is 12.7. The maximum Gasteiger partial charge on any atom is 0.259 e. The predicted molar refractivity (Wildman–Crippen MR) is 114 cm³/mol. The van der Waals surface area contributed by atoms with Gasteiger partial charge in [0.05, 0.1) is 16.8 Å². The van der Waals surface area contributed by atoms with Crippen LogP contribution in [0.15, 0.2) is 66.2 Å². The highest BCUT2D eigenvalue weighted by Gasteiger charge is 2.17. The standard InChI is InChI=1S/C21H16N6OS/c1-27-17(12-16(26-27)13-6-3-2-4-7-13)19-23-15-9-5-8-14(18(15)24-19)20(28)25-21-22-10-11-29-21/h2-12H,1H3,(H,23,24)(H,22,25,28). The average Bonchev–Trinajstić information content (AvgIpc) is 3.47. The topological polar surface area (TPSA) is 88.5 Å². The van der Waals surface area contributed by atoms with Gasteiger partial charge in [-0.2, -0.15) is 5.10 Å². The first-order valence-corrected chi connectivity index (χ1v) is 9.86. The number of hydrogen-bond donors (Lipinski definition) is 2. The van der Waals surface area contributed by atoms with E-state index in [1.165, 1.54) is 11.3 Å². The Hall–Kier alpha value is -3.78. The Morgan fingerprint density at radius 2 is 2.00 bits per heavy atom. The third-order valence-corrected chi connectivity index (χ3v) is 5.29. The lowest BCUT2D eigenvalue weighted by Crippen LogP contribution is -2.12. The summed E-state index contributed by atoms with van der Waals surface area (Å²) in [6, 6.07) is 17.5. The van der Waals surface area contributed by atoms with E-state index in [9.17, 15) is 4.79 Å². The minimum atomic E-state index is -0.237. The molecule has 142 valence electrons. The number of amides is 1. The predicted octanol–water partition coefficient (Wildman–Crippen LogP) is 4.34. The van der Waals surface area contributed by atoms with Gasteiger partial charge in [-0.15, -0.1) is 11.3 Å². The van der Waals surface area contributed by atoms with Gasteiger partial charge in [0.1, 0.15) is 11.2 Å². The second-order valence-corrected chi connectivity index (χ2v) is 7.38. The van der Waals surface area contributed by atoms with Gasteiger partial charge in [0.15, 0.2) is 11.0 Å². The van der Waals surface area contributed by atoms with Crippen LogP contribution in [-0.4, -0.2) is 30.6 Å². The van der Waals surface area contributed by atoms with E-state index in [0.29, 0.717) is 22.0 Å². The zero-order chi connectivity index (χ0) is 19.8. The van der Waals surface area contributed by atoms with E-state index >= 15 is 0 Å². The van der Waals surface area contributed by atoms with Crippen molar-refractivity contribution in [2.24, 2.45) is 7.05 Å². The molecule has 7 nitrogen and oxygen atoms in total. The lowest BCUT2D eigenvalue weighted by Gasteiger charge is -2.02. The molecule has 5 rings (SSSR count). The quantitative estimate of drug-likeness (QED) is 0.470. The molecule has 3 aromatic heterocycles. The average molecular weight is 400 g/mol. The summed E-state index contributed by atoms with van der Waals surface area (Å²) in [5.41, 5.74) is 4.63. The number of fused-ring (bicyclic) bond motifs is 1. The number of benzene rings is 2. The zero-order valence-corrected chi connectivity index (χ0v) is 16.3. The molecule has 3 heterocycles. The number of nitrogens with zero attached hydrogens (tertiary/aromatic N) is 4. The second kappa shape index (κ2) is 6.99. The largest absolute Gasteiger partial charge is 0.337 e. The fraction of sp³-hybridized carbons (Fsp3) is 0.0476. The lowest BCUT2D eigenvalue weighted by molar-refractivity contribution is 0.102. The van der Waals surface area contributed by atoms with Crippen molar-refractivity contribution in [1.82, 2.24) is 24.7 Å². The van der Waals surface area contributed by atoms with Gasteiger partial charge in [-0.3, -0.25) is 14.8 Å². The van der Waals surface area contributed by atoms with Crippen LogP contribution < -0.4 is 5.32 Å². The van der Waals surface area contributed by atoms with E-state index in [4.69, 9.17) is 4.98 Å². The number of hydrogen-bond acceptors (Lipinski definition) is 5. The van der Waals surface area contributed by atoms with Crippen LogP contribution >= 0.6 is 11.3 Å². The Balaban J connectivity index is 1.54. The molecular formula is C21H16N6OS. The van der Waals surface area contributed by atoms with Crippen LogP contribution in [0.2, 0.25) is 0 Å². The van der Waals surface area contributed by atoms with Crippen LogP contribution in [0.3, 0.4) is 0 Å². The number of aryl methyl sites for hydroxylation is 1. The molecular weight excluding hydrogens is 384 g/mol. The van der Waals surface area contributed by atoms with Gasteiger partial charge in [0.25, 0.3) is 5.91 Å². The third kappa shape index (κ3) is 3.19. The maximum absolute atomic E-state index is 12.7. The van der Waals surface area contributed by atoms with Crippen LogP contribution in [0.5, 0.6) is 0 Å². The number of rotatable bonds is 4. The van der Waals surface area contributed by atoms with Gasteiger partial charge in [0.2, 0.25) is 0 Å². The highest BCUT2D eigenvalue weighted by molar-refractivity contribution is 7.13. The first-order chi connectivity index (χ1) is 14.2. The van der Waals surface area contributed by atoms with E-state index in [2.05, 4.69) is 20.4 Å². The Kier molecular flexibility index (Phi) is 4.18. The zero-order valence-electron chi connectivity index (χ0n) is 15.5. The van der Waals surface area contributed by atoms with Crippen LogP contribution in [0.4, 0.5) is 5.13 Å². The molecule has 29 heavy (non-hydrogen) atoms. The minimum Gasteiger partial charge on any atom is -0.337 e. The molecule has 8 heteroatoms. The van der Waals surface area contributed by atoms with Gasteiger partial charge in [-0.05, 0) is 18.2 Å². The lowest BCUT2D eigenvalue weighted by atomic mass is 10.1. The summed E-state index contributed by atoms with van der Waals surface area (Å²) in [6.45, 7) is 0. The van der Waals surface area contributed by atoms with Gasteiger partial charge in [-0.1, -0.05) is 36.4 Å². The SMILES string of the molecule is Cn1nc(-c2ccccc2)cc1-c1nc2c(C(=O)Nc3nccs3)cccc2[nH]1. The highest BCUT2D eigenvalue weighted by Crippen LogP contribution is 2.27. The number of H-pyrrole nitrogens is 1. The monoisotopic (exact) mass is 400 g/mol. The van der Waals surface area contributed by atoms with Crippen molar-refractivity contribution in [1.29, 1.82) is 0 Å². The van der Waals surface area contributed by atoms with Crippen molar-refractivity contribution < 1.29 is 4.79 Å². The van der Waals surface area contributed by atoms with Gasteiger partial charge in [-0.25, -0.2) is 9.97 Å². The van der Waals surface area contributed by atoms with E-state index in [1.807, 2.05) is 61.0 Å². The molecule has 0 unspecified atom stereocenters. The van der Waals surface area contributed by atoms with E-state index in [-0.39, 0.29) is 5.91 Å². The van der Waals surface area contributed by atoms with Crippen molar-refractivity contribution in [2.75, 3.05) is 5.32 Å². The van der Waals surface area contributed by atoms with Gasteiger partial charge < -0.3 is 4.98 Å². The Morgan fingerprint density at radius 1 is 1.14 bits per heavy atom. The normalized spacial score (nSPS) is 11.1. The van der Waals surface area contributed by atoms with Crippen molar-refractivity contribution in [3.05, 3.63) is 71.7 Å². The van der Waals surface area contributed by atoms with E-state index < -0.39 is 0 Å². The summed E-state index contributed by atoms with van der Waals surface area (Å²) >= 11 is 1.37. The number of aromatic nitrogens is 5. The number of carbonyl (C=O) groups excluding carboxylic acids is 1. The molecule has 2 N–H and O–H groups in total. The minimum absolute atomic E-state index is 0.237. The van der Waals surface area contributed by atoms with Crippen molar-refractivity contribution >= 4 is 33.4 Å². The molecule has 0 bridgehead atoms.